The lowest BCUT2D eigenvalue weighted by Gasteiger charge is -2.19. The van der Waals surface area contributed by atoms with Crippen molar-refractivity contribution in [2.45, 2.75) is 11.4 Å². The van der Waals surface area contributed by atoms with Gasteiger partial charge in [0.2, 0.25) is 0 Å². The third-order valence-electron chi connectivity index (χ3n) is 3.18. The number of halogens is 3. The third-order valence-corrected chi connectivity index (χ3v) is 5.78. The van der Waals surface area contributed by atoms with Crippen LogP contribution in [0.25, 0.3) is 6.08 Å². The van der Waals surface area contributed by atoms with Gasteiger partial charge in [-0.25, -0.2) is 0 Å². The van der Waals surface area contributed by atoms with Gasteiger partial charge in [0.15, 0.2) is 0 Å². The van der Waals surface area contributed by atoms with Crippen molar-refractivity contribution in [1.82, 2.24) is 4.98 Å². The van der Waals surface area contributed by atoms with Crippen LogP contribution in [0.4, 0.5) is 8.78 Å². The molecule has 2 N–H and O–H groups in total. The molecular weight excluding hydrogens is 435 g/mol. The molecule has 0 saturated carbocycles. The quantitative estimate of drug-likeness (QED) is 0.458. The predicted molar refractivity (Wildman–Crippen MR) is 99.5 cm³/mol. The maximum atomic E-state index is 13.8. The zero-order valence-electron chi connectivity index (χ0n) is 12.8. The van der Waals surface area contributed by atoms with Gasteiger partial charge in [-0.2, -0.15) is 20.5 Å². The highest BCUT2D eigenvalue weighted by Gasteiger charge is 2.51. The maximum Gasteiger partial charge on any atom is 0.399 e. The first-order chi connectivity index (χ1) is 11.7. The van der Waals surface area contributed by atoms with Gasteiger partial charge in [-0.15, -0.1) is 0 Å². The van der Waals surface area contributed by atoms with Crippen LogP contribution in [0.1, 0.15) is 16.8 Å². The van der Waals surface area contributed by atoms with E-state index in [9.17, 15) is 13.3 Å². The van der Waals surface area contributed by atoms with E-state index in [1.165, 1.54) is 12.1 Å². The summed E-state index contributed by atoms with van der Waals surface area (Å²) in [5, 5.41) is 0. The number of benzene rings is 1. The molecule has 0 bridgehead atoms. The summed E-state index contributed by atoms with van der Waals surface area (Å²) in [5.74, 6) is 1.29. The van der Waals surface area contributed by atoms with Crippen LogP contribution >= 0.6 is 35.3 Å². The first-order valence-corrected chi connectivity index (χ1v) is 10.7. The molecule has 134 valence electrons. The fourth-order valence-electron chi connectivity index (χ4n) is 1.94. The molecule has 0 aliphatic rings. The normalized spacial score (nSPS) is 12.7. The summed E-state index contributed by atoms with van der Waals surface area (Å²) in [6, 6.07) is 9.56. The smallest absolute Gasteiger partial charge is 0.320 e. The Morgan fingerprint density at radius 1 is 1.28 bits per heavy atom. The molecule has 1 heterocycles. The average molecular weight is 450 g/mol. The van der Waals surface area contributed by atoms with E-state index in [-0.39, 0.29) is 4.47 Å². The molecule has 1 aromatic carbocycles. The summed E-state index contributed by atoms with van der Waals surface area (Å²) in [5.41, 5.74) is -3.31. The van der Waals surface area contributed by atoms with E-state index in [0.717, 1.165) is 17.3 Å². The summed E-state index contributed by atoms with van der Waals surface area (Å²) < 4.78 is 38.4. The summed E-state index contributed by atoms with van der Waals surface area (Å²) in [7, 11) is -5.58. The molecule has 25 heavy (non-hydrogen) atoms. The molecule has 0 spiro atoms. The molecule has 0 saturated heterocycles. The number of nitrogens with zero attached hydrogens (tertiary/aromatic N) is 1. The fourth-order valence-corrected chi connectivity index (χ4v) is 4.04. The van der Waals surface area contributed by atoms with E-state index in [1.54, 1.807) is 18.0 Å². The summed E-state index contributed by atoms with van der Waals surface area (Å²) in [4.78, 5) is 21.8. The highest BCUT2D eigenvalue weighted by Crippen LogP contribution is 2.60. The van der Waals surface area contributed by atoms with E-state index in [1.807, 2.05) is 30.4 Å². The summed E-state index contributed by atoms with van der Waals surface area (Å²) >= 11 is 4.55. The number of aromatic nitrogens is 1. The van der Waals surface area contributed by atoms with Crippen molar-refractivity contribution in [3.8, 4) is 0 Å². The minimum atomic E-state index is -5.58. The van der Waals surface area contributed by atoms with Crippen LogP contribution < -0.4 is 0 Å². The Hall–Kier alpha value is -1.05. The molecule has 4 nitrogen and oxygen atoms in total. The Kier molecular flexibility index (Phi) is 6.93. The van der Waals surface area contributed by atoms with E-state index in [4.69, 9.17) is 9.79 Å². The Morgan fingerprint density at radius 3 is 2.64 bits per heavy atom. The van der Waals surface area contributed by atoms with Gasteiger partial charge in [-0.05, 0) is 29.8 Å². The van der Waals surface area contributed by atoms with Crippen LogP contribution in [-0.4, -0.2) is 20.5 Å². The van der Waals surface area contributed by atoms with Gasteiger partial charge in [0.1, 0.15) is 0 Å². The second-order valence-electron chi connectivity index (χ2n) is 5.07. The van der Waals surface area contributed by atoms with E-state index in [2.05, 4.69) is 20.9 Å². The highest BCUT2D eigenvalue weighted by atomic mass is 79.9. The minimum Gasteiger partial charge on any atom is -0.320 e. The molecule has 0 aliphatic heterocycles. The van der Waals surface area contributed by atoms with Crippen molar-refractivity contribution in [3.05, 3.63) is 70.0 Å². The SMILES string of the molecule is O=P(O)(O)C(F)(F)c1ccc(CSCC=Cc2ccccn2)cc1Br. The number of hydrogen-bond donors (Lipinski definition) is 2. The van der Waals surface area contributed by atoms with Crippen LogP contribution in [0.15, 0.2) is 53.1 Å². The van der Waals surface area contributed by atoms with Crippen molar-refractivity contribution in [2.75, 3.05) is 5.75 Å². The number of pyridine rings is 1. The number of hydrogen-bond acceptors (Lipinski definition) is 3. The molecule has 0 atom stereocenters. The Morgan fingerprint density at radius 2 is 2.04 bits per heavy atom. The van der Waals surface area contributed by atoms with Gasteiger partial charge in [0, 0.05) is 27.7 Å². The molecular formula is C16H15BrF2NO3PS. The lowest BCUT2D eigenvalue weighted by molar-refractivity contribution is 0.0557. The third kappa shape index (κ3) is 5.46. The van der Waals surface area contributed by atoms with Crippen molar-refractivity contribution >= 4 is 41.4 Å². The summed E-state index contributed by atoms with van der Waals surface area (Å²) in [6.45, 7) is 0. The fraction of sp³-hybridized carbons (Fsp3) is 0.188. The van der Waals surface area contributed by atoms with Crippen LogP contribution in [-0.2, 0) is 16.0 Å². The lowest BCUT2D eigenvalue weighted by Crippen LogP contribution is -2.14. The van der Waals surface area contributed by atoms with Gasteiger partial charge >= 0.3 is 13.3 Å². The lowest BCUT2D eigenvalue weighted by atomic mass is 10.1. The summed E-state index contributed by atoms with van der Waals surface area (Å²) in [6.07, 6.45) is 5.56. The van der Waals surface area contributed by atoms with Crippen molar-refractivity contribution in [1.29, 1.82) is 0 Å². The molecule has 0 unspecified atom stereocenters. The molecule has 9 heteroatoms. The Bertz CT molecular complexity index is 799. The van der Waals surface area contributed by atoms with E-state index < -0.39 is 18.8 Å². The molecule has 0 fully saturated rings. The topological polar surface area (TPSA) is 70.4 Å². The monoisotopic (exact) mass is 449 g/mol. The van der Waals surface area contributed by atoms with E-state index >= 15 is 0 Å². The van der Waals surface area contributed by atoms with E-state index in [0.29, 0.717) is 11.5 Å². The number of thioether (sulfide) groups is 1. The molecule has 1 aromatic heterocycles. The maximum absolute atomic E-state index is 13.8. The van der Waals surface area contributed by atoms with Crippen molar-refractivity contribution < 1.29 is 23.1 Å². The second kappa shape index (κ2) is 8.56. The predicted octanol–water partition coefficient (Wildman–Crippen LogP) is 5.02. The number of alkyl halides is 2. The van der Waals surface area contributed by atoms with Crippen LogP contribution in [0.5, 0.6) is 0 Å². The zero-order valence-corrected chi connectivity index (χ0v) is 16.1. The second-order valence-corrected chi connectivity index (χ2v) is 8.61. The van der Waals surface area contributed by atoms with Gasteiger partial charge in [0.05, 0.1) is 5.69 Å². The molecule has 2 aromatic rings. The van der Waals surface area contributed by atoms with Gasteiger partial charge in [0.25, 0.3) is 0 Å². The Balaban J connectivity index is 1.95. The van der Waals surface area contributed by atoms with Crippen LogP contribution in [0.3, 0.4) is 0 Å². The van der Waals surface area contributed by atoms with Gasteiger partial charge in [-0.1, -0.05) is 40.2 Å². The largest absolute Gasteiger partial charge is 0.399 e. The van der Waals surface area contributed by atoms with Gasteiger partial charge < -0.3 is 9.79 Å². The number of rotatable bonds is 7. The van der Waals surface area contributed by atoms with Crippen LogP contribution in [0, 0.1) is 0 Å². The first-order valence-electron chi connectivity index (χ1n) is 7.09. The Labute approximate surface area is 156 Å². The highest BCUT2D eigenvalue weighted by molar-refractivity contribution is 9.10. The van der Waals surface area contributed by atoms with Crippen molar-refractivity contribution in [3.63, 3.8) is 0 Å². The molecule has 2 rings (SSSR count). The standard InChI is InChI=1S/C16H15BrF2NO3PS/c17-15-10-12(6-7-14(15)16(18,19)24(21,22)23)11-25-9-3-5-13-4-1-2-8-20-13/h1-8,10H,9,11H2,(H2,21,22,23). The van der Waals surface area contributed by atoms with Crippen molar-refractivity contribution in [2.24, 2.45) is 0 Å². The molecule has 0 amide bonds. The van der Waals surface area contributed by atoms with Crippen LogP contribution in [0.2, 0.25) is 0 Å². The van der Waals surface area contributed by atoms with Gasteiger partial charge in [-0.3, -0.25) is 9.55 Å². The average Bonchev–Trinajstić information content (AvgIpc) is 2.54. The molecule has 0 radical (unpaired) electrons. The zero-order chi connectivity index (χ0) is 18.5. The first kappa shape index (κ1) is 20.3. The molecule has 0 aliphatic carbocycles. The minimum absolute atomic E-state index is 0.0250.